The predicted octanol–water partition coefficient (Wildman–Crippen LogP) is 6.60. The van der Waals surface area contributed by atoms with Gasteiger partial charge >= 0.3 is 0 Å². The molecule has 1 N–H and O–H groups in total. The maximum atomic E-state index is 12.4. The molecule has 1 atom stereocenters. The van der Waals surface area contributed by atoms with Crippen molar-refractivity contribution in [2.45, 2.75) is 87.7 Å². The van der Waals surface area contributed by atoms with Crippen LogP contribution in [0.4, 0.5) is 0 Å². The van der Waals surface area contributed by atoms with Gasteiger partial charge in [0, 0.05) is 15.6 Å². The summed E-state index contributed by atoms with van der Waals surface area (Å²) >= 11 is 7.43. The first-order valence-corrected chi connectivity index (χ1v) is 11.2. The Balaban J connectivity index is 1.83. The normalized spacial score (nSPS) is 18.3. The van der Waals surface area contributed by atoms with Crippen LogP contribution in [0.3, 0.4) is 0 Å². The van der Waals surface area contributed by atoms with Gasteiger partial charge in [-0.3, -0.25) is 4.79 Å². The zero-order chi connectivity index (χ0) is 18.6. The Bertz CT molecular complexity index is 560. The summed E-state index contributed by atoms with van der Waals surface area (Å²) in [6.07, 6.45) is 13.7. The minimum Gasteiger partial charge on any atom is -0.272 e. The van der Waals surface area contributed by atoms with Gasteiger partial charge in [-0.2, -0.15) is 5.10 Å². The molecule has 0 saturated heterocycles. The van der Waals surface area contributed by atoms with Crippen LogP contribution in [0.5, 0.6) is 0 Å². The fourth-order valence-electron chi connectivity index (χ4n) is 3.13. The lowest BCUT2D eigenvalue weighted by atomic mass is 10.00. The molecule has 0 aliphatic heterocycles. The van der Waals surface area contributed by atoms with Crippen molar-refractivity contribution < 1.29 is 4.79 Å². The van der Waals surface area contributed by atoms with Gasteiger partial charge in [0.05, 0.1) is 5.25 Å². The fraction of sp³-hybridized carbons (Fsp3) is 0.619. The number of thioether (sulfide) groups is 1. The van der Waals surface area contributed by atoms with E-state index in [2.05, 4.69) is 10.5 Å². The monoisotopic (exact) mass is 394 g/mol. The van der Waals surface area contributed by atoms with Crippen LogP contribution in [0.2, 0.25) is 5.02 Å². The van der Waals surface area contributed by atoms with Gasteiger partial charge in [0.1, 0.15) is 0 Å². The van der Waals surface area contributed by atoms with Crippen molar-refractivity contribution in [2.24, 2.45) is 5.10 Å². The van der Waals surface area contributed by atoms with Gasteiger partial charge < -0.3 is 0 Å². The molecule has 0 spiro atoms. The molecule has 5 heteroatoms. The molecule has 0 heterocycles. The second kappa shape index (κ2) is 12.4. The highest BCUT2D eigenvalue weighted by Crippen LogP contribution is 2.24. The highest BCUT2D eigenvalue weighted by molar-refractivity contribution is 8.00. The molecule has 1 fully saturated rings. The number of hydrazone groups is 1. The summed E-state index contributed by atoms with van der Waals surface area (Å²) in [6.45, 7) is 1.91. The molecule has 144 valence electrons. The van der Waals surface area contributed by atoms with Crippen LogP contribution < -0.4 is 5.43 Å². The Morgan fingerprint density at radius 1 is 0.962 bits per heavy atom. The number of nitrogens with zero attached hydrogens (tertiary/aromatic N) is 1. The number of nitrogens with one attached hydrogen (secondary N) is 1. The van der Waals surface area contributed by atoms with Crippen LogP contribution >= 0.6 is 23.4 Å². The first-order chi connectivity index (χ1) is 12.6. The average molecular weight is 395 g/mol. The smallest absolute Gasteiger partial charge is 0.253 e. The largest absolute Gasteiger partial charge is 0.272 e. The van der Waals surface area contributed by atoms with E-state index < -0.39 is 0 Å². The number of amides is 1. The second-order valence-corrected chi connectivity index (χ2v) is 8.90. The molecule has 3 nitrogen and oxygen atoms in total. The summed E-state index contributed by atoms with van der Waals surface area (Å²) in [7, 11) is 0. The van der Waals surface area contributed by atoms with Crippen molar-refractivity contribution in [3.8, 4) is 0 Å². The van der Waals surface area contributed by atoms with Gasteiger partial charge in [-0.15, -0.1) is 11.8 Å². The van der Waals surface area contributed by atoms with Gasteiger partial charge in [0.15, 0.2) is 0 Å². The van der Waals surface area contributed by atoms with Gasteiger partial charge in [-0.25, -0.2) is 5.43 Å². The maximum Gasteiger partial charge on any atom is 0.253 e. The first kappa shape index (κ1) is 21.3. The van der Waals surface area contributed by atoms with Crippen LogP contribution in [-0.2, 0) is 4.79 Å². The molecule has 0 bridgehead atoms. The van der Waals surface area contributed by atoms with Crippen molar-refractivity contribution in [3.63, 3.8) is 0 Å². The van der Waals surface area contributed by atoms with Crippen LogP contribution in [0.25, 0.3) is 0 Å². The molecule has 1 aromatic rings. The number of halogens is 1. The van der Waals surface area contributed by atoms with E-state index in [1.54, 1.807) is 0 Å². The van der Waals surface area contributed by atoms with Crippen LogP contribution in [0, 0.1) is 0 Å². The molecule has 1 amide bonds. The molecule has 2 rings (SSSR count). The lowest BCUT2D eigenvalue weighted by molar-refractivity contribution is -0.120. The third-order valence-corrected chi connectivity index (χ3v) is 6.11. The Morgan fingerprint density at radius 2 is 1.46 bits per heavy atom. The Kier molecular flexibility index (Phi) is 10.2. The van der Waals surface area contributed by atoms with Gasteiger partial charge in [0.2, 0.25) is 0 Å². The molecule has 0 aromatic heterocycles. The molecule has 0 unspecified atom stereocenters. The Morgan fingerprint density at radius 3 is 2.00 bits per heavy atom. The third kappa shape index (κ3) is 8.59. The lowest BCUT2D eigenvalue weighted by Gasteiger charge is -2.12. The summed E-state index contributed by atoms with van der Waals surface area (Å²) < 4.78 is 0. The molecule has 1 aromatic carbocycles. The highest BCUT2D eigenvalue weighted by atomic mass is 35.5. The second-order valence-electron chi connectivity index (χ2n) is 7.05. The van der Waals surface area contributed by atoms with Crippen LogP contribution in [0.1, 0.15) is 77.6 Å². The van der Waals surface area contributed by atoms with Crippen molar-refractivity contribution in [2.75, 3.05) is 0 Å². The van der Waals surface area contributed by atoms with E-state index in [1.807, 2.05) is 31.2 Å². The first-order valence-electron chi connectivity index (χ1n) is 9.92. The van der Waals surface area contributed by atoms with Gasteiger partial charge in [0.25, 0.3) is 5.91 Å². The minimum atomic E-state index is -0.188. The van der Waals surface area contributed by atoms with E-state index in [4.69, 9.17) is 11.6 Å². The van der Waals surface area contributed by atoms with E-state index in [-0.39, 0.29) is 11.2 Å². The molecule has 1 aliphatic carbocycles. The fourth-order valence-corrected chi connectivity index (χ4v) is 4.12. The van der Waals surface area contributed by atoms with E-state index in [0.29, 0.717) is 5.02 Å². The standard InChI is InChI=1S/C21H31ClN2OS/c1-17(26-20-15-13-18(22)14-16-20)21(25)24-23-19-11-9-7-5-3-2-4-6-8-10-12-19/h13-17H,2-12H2,1H3,(H,24,25)/t17-/m1/s1. The van der Waals surface area contributed by atoms with Crippen molar-refractivity contribution in [1.82, 2.24) is 5.43 Å². The van der Waals surface area contributed by atoms with Crippen molar-refractivity contribution >= 4 is 35.0 Å². The van der Waals surface area contributed by atoms with E-state index >= 15 is 0 Å². The van der Waals surface area contributed by atoms with E-state index in [0.717, 1.165) is 23.4 Å². The molecule has 26 heavy (non-hydrogen) atoms. The molecule has 1 saturated carbocycles. The third-order valence-electron chi connectivity index (χ3n) is 4.75. The zero-order valence-corrected chi connectivity index (χ0v) is 17.4. The van der Waals surface area contributed by atoms with Gasteiger partial charge in [-0.05, 0) is 56.9 Å². The topological polar surface area (TPSA) is 41.5 Å². The summed E-state index contributed by atoms with van der Waals surface area (Å²) in [6, 6.07) is 7.57. The lowest BCUT2D eigenvalue weighted by Crippen LogP contribution is -2.28. The number of benzene rings is 1. The summed E-state index contributed by atoms with van der Waals surface area (Å²) in [5.41, 5.74) is 3.95. The maximum absolute atomic E-state index is 12.4. The quantitative estimate of drug-likeness (QED) is 0.461. The van der Waals surface area contributed by atoms with Crippen molar-refractivity contribution in [1.29, 1.82) is 0 Å². The Labute approximate surface area is 167 Å². The van der Waals surface area contributed by atoms with Crippen molar-refractivity contribution in [3.05, 3.63) is 29.3 Å². The Hall–Kier alpha value is -1.00. The number of hydrogen-bond donors (Lipinski definition) is 1. The SMILES string of the molecule is C[C@@H](Sc1ccc(Cl)cc1)C(=O)NN=C1CCCCCCCCCCC1. The highest BCUT2D eigenvalue weighted by Gasteiger charge is 2.14. The van der Waals surface area contributed by atoms with Crippen LogP contribution in [-0.4, -0.2) is 16.9 Å². The van der Waals surface area contributed by atoms with E-state index in [9.17, 15) is 4.79 Å². The molecular weight excluding hydrogens is 364 g/mol. The number of carbonyl (C=O) groups is 1. The number of carbonyl (C=O) groups excluding carboxylic acids is 1. The number of hydrogen-bond acceptors (Lipinski definition) is 3. The summed E-state index contributed by atoms with van der Waals surface area (Å²) in [4.78, 5) is 13.4. The summed E-state index contributed by atoms with van der Waals surface area (Å²) in [5, 5.41) is 4.99. The van der Waals surface area contributed by atoms with Crippen LogP contribution in [0.15, 0.2) is 34.3 Å². The summed E-state index contributed by atoms with van der Waals surface area (Å²) in [5.74, 6) is -0.0384. The zero-order valence-electron chi connectivity index (χ0n) is 15.8. The van der Waals surface area contributed by atoms with Gasteiger partial charge in [-0.1, -0.05) is 56.5 Å². The molecular formula is C21H31ClN2OS. The average Bonchev–Trinajstić information content (AvgIpc) is 2.63. The van der Waals surface area contributed by atoms with E-state index in [1.165, 1.54) is 69.5 Å². The minimum absolute atomic E-state index is 0.0384. The predicted molar refractivity (Wildman–Crippen MR) is 113 cm³/mol. The number of rotatable bonds is 4. The molecule has 0 radical (unpaired) electrons. The molecule has 1 aliphatic rings.